The van der Waals surface area contributed by atoms with Crippen molar-refractivity contribution in [3.05, 3.63) is 29.8 Å². The van der Waals surface area contributed by atoms with Crippen LogP contribution in [0.15, 0.2) is 29.2 Å². The molecule has 0 aliphatic rings. The third kappa shape index (κ3) is 5.91. The van der Waals surface area contributed by atoms with Gasteiger partial charge in [0.05, 0.1) is 4.90 Å². The Morgan fingerprint density at radius 1 is 1.12 bits per heavy atom. The first-order valence-electron chi connectivity index (χ1n) is 5.09. The molecule has 0 fully saturated rings. The molecule has 0 heterocycles. The van der Waals surface area contributed by atoms with Crippen LogP contribution in [0, 0.1) is 0 Å². The predicted octanol–water partition coefficient (Wildman–Crippen LogP) is -0.673. The number of hydrogen-bond donors (Lipinski definition) is 0. The molecule has 3 nitrogen and oxygen atoms in total. The first-order valence-corrected chi connectivity index (χ1v) is 6.49. The van der Waals surface area contributed by atoms with Crippen LogP contribution in [0.3, 0.4) is 0 Å². The number of benzene rings is 1. The molecular formula is C11H15KO3S. The number of aryl methyl sites for hydroxylation is 1. The fourth-order valence-electron chi connectivity index (χ4n) is 1.40. The number of hydrogen-bond acceptors (Lipinski definition) is 3. The van der Waals surface area contributed by atoms with Crippen LogP contribution in [-0.2, 0) is 16.5 Å². The molecule has 1 aromatic rings. The maximum absolute atomic E-state index is 10.6. The van der Waals surface area contributed by atoms with Gasteiger partial charge in [0.25, 0.3) is 0 Å². The summed E-state index contributed by atoms with van der Waals surface area (Å²) >= 11 is 0. The van der Waals surface area contributed by atoms with Gasteiger partial charge in [0.1, 0.15) is 10.1 Å². The molecule has 0 amide bonds. The first-order chi connectivity index (χ1) is 7.04. The van der Waals surface area contributed by atoms with Gasteiger partial charge in [-0.3, -0.25) is 0 Å². The van der Waals surface area contributed by atoms with Crippen molar-refractivity contribution in [2.45, 2.75) is 37.5 Å². The maximum Gasteiger partial charge on any atom is 1.00 e. The molecule has 0 aromatic heterocycles. The van der Waals surface area contributed by atoms with E-state index in [9.17, 15) is 13.0 Å². The van der Waals surface area contributed by atoms with Gasteiger partial charge in [-0.2, -0.15) is 0 Å². The van der Waals surface area contributed by atoms with Gasteiger partial charge in [0, 0.05) is 0 Å². The second-order valence-corrected chi connectivity index (χ2v) is 4.93. The van der Waals surface area contributed by atoms with E-state index in [1.165, 1.54) is 18.6 Å². The van der Waals surface area contributed by atoms with E-state index in [4.69, 9.17) is 0 Å². The summed E-state index contributed by atoms with van der Waals surface area (Å²) in [6.45, 7) is 2.13. The summed E-state index contributed by atoms with van der Waals surface area (Å²) in [6, 6.07) is 6.17. The zero-order chi connectivity index (χ0) is 11.3. The summed E-state index contributed by atoms with van der Waals surface area (Å²) in [6.07, 6.45) is 4.36. The molecule has 1 aromatic carbocycles. The van der Waals surface area contributed by atoms with Gasteiger partial charge in [-0.15, -0.1) is 0 Å². The van der Waals surface area contributed by atoms with E-state index >= 15 is 0 Å². The Morgan fingerprint density at radius 2 is 1.69 bits per heavy atom. The van der Waals surface area contributed by atoms with E-state index in [-0.39, 0.29) is 56.3 Å². The molecule has 0 atom stereocenters. The van der Waals surface area contributed by atoms with Gasteiger partial charge >= 0.3 is 51.4 Å². The van der Waals surface area contributed by atoms with Crippen molar-refractivity contribution in [3.63, 3.8) is 0 Å². The van der Waals surface area contributed by atoms with E-state index in [2.05, 4.69) is 6.92 Å². The molecule has 0 unspecified atom stereocenters. The van der Waals surface area contributed by atoms with Gasteiger partial charge < -0.3 is 4.55 Å². The Hall–Kier alpha value is 0.766. The normalized spacial score (nSPS) is 10.9. The van der Waals surface area contributed by atoms with E-state index < -0.39 is 10.1 Å². The molecule has 0 aliphatic carbocycles. The minimum atomic E-state index is -4.29. The molecular weight excluding hydrogens is 251 g/mol. The molecule has 84 valence electrons. The topological polar surface area (TPSA) is 57.2 Å². The molecule has 0 N–H and O–H groups in total. The smallest absolute Gasteiger partial charge is 0.744 e. The van der Waals surface area contributed by atoms with Crippen LogP contribution in [0.4, 0.5) is 0 Å². The van der Waals surface area contributed by atoms with Crippen molar-refractivity contribution >= 4 is 10.1 Å². The Balaban J connectivity index is 0.00000225. The van der Waals surface area contributed by atoms with Gasteiger partial charge in [0.15, 0.2) is 0 Å². The van der Waals surface area contributed by atoms with Crippen LogP contribution in [-0.4, -0.2) is 13.0 Å². The molecule has 0 spiro atoms. The predicted molar refractivity (Wildman–Crippen MR) is 57.6 cm³/mol. The standard InChI is InChI=1S/C11H16O3S.K/c1-2-3-4-5-10-6-8-11(9-7-10)15(12,13)14;/h6-9H,2-5H2,1H3,(H,12,13,14);/q;+1/p-1. The van der Waals surface area contributed by atoms with Crippen molar-refractivity contribution < 1.29 is 64.4 Å². The molecule has 0 aliphatic heterocycles. The molecule has 0 saturated heterocycles. The van der Waals surface area contributed by atoms with Crippen LogP contribution in [0.5, 0.6) is 0 Å². The summed E-state index contributed by atoms with van der Waals surface area (Å²) in [5, 5.41) is 0. The third-order valence-electron chi connectivity index (χ3n) is 2.28. The van der Waals surface area contributed by atoms with Crippen molar-refractivity contribution in [2.24, 2.45) is 0 Å². The fraction of sp³-hybridized carbons (Fsp3) is 0.455. The van der Waals surface area contributed by atoms with Crippen LogP contribution in [0.1, 0.15) is 31.7 Å². The van der Waals surface area contributed by atoms with Gasteiger partial charge in [-0.1, -0.05) is 31.9 Å². The Kier molecular flexibility index (Phi) is 8.35. The first kappa shape index (κ1) is 16.8. The zero-order valence-electron chi connectivity index (χ0n) is 9.77. The maximum atomic E-state index is 10.6. The van der Waals surface area contributed by atoms with Gasteiger partial charge in [-0.25, -0.2) is 8.42 Å². The molecule has 1 rings (SSSR count). The molecule has 5 heteroatoms. The monoisotopic (exact) mass is 266 g/mol. The van der Waals surface area contributed by atoms with Crippen LogP contribution in [0.25, 0.3) is 0 Å². The van der Waals surface area contributed by atoms with Crippen molar-refractivity contribution in [3.8, 4) is 0 Å². The fourth-order valence-corrected chi connectivity index (χ4v) is 1.87. The minimum Gasteiger partial charge on any atom is -0.744 e. The summed E-state index contributed by atoms with van der Waals surface area (Å²) in [5.41, 5.74) is 1.08. The van der Waals surface area contributed by atoms with E-state index in [1.54, 1.807) is 12.1 Å². The third-order valence-corrected chi connectivity index (χ3v) is 3.13. The van der Waals surface area contributed by atoms with E-state index in [0.29, 0.717) is 0 Å². The molecule has 0 radical (unpaired) electrons. The quantitative estimate of drug-likeness (QED) is 0.403. The van der Waals surface area contributed by atoms with Crippen LogP contribution >= 0.6 is 0 Å². The van der Waals surface area contributed by atoms with Crippen molar-refractivity contribution in [1.82, 2.24) is 0 Å². The SMILES string of the molecule is CCCCCc1ccc(S(=O)(=O)[O-])cc1.[K+]. The molecule has 0 saturated carbocycles. The average molecular weight is 266 g/mol. The zero-order valence-corrected chi connectivity index (χ0v) is 13.7. The second kappa shape index (κ2) is 7.97. The second-order valence-electron chi connectivity index (χ2n) is 3.56. The minimum absolute atomic E-state index is 0. The Bertz CT molecular complexity index is 398. The molecule has 16 heavy (non-hydrogen) atoms. The summed E-state index contributed by atoms with van der Waals surface area (Å²) < 4.78 is 31.9. The Labute approximate surface area is 140 Å². The number of rotatable bonds is 5. The van der Waals surface area contributed by atoms with Gasteiger partial charge in [-0.05, 0) is 30.5 Å². The number of unbranched alkanes of at least 4 members (excludes halogenated alkanes) is 2. The van der Waals surface area contributed by atoms with Crippen molar-refractivity contribution in [2.75, 3.05) is 0 Å². The van der Waals surface area contributed by atoms with Crippen LogP contribution < -0.4 is 51.4 Å². The largest absolute Gasteiger partial charge is 1.00 e. The van der Waals surface area contributed by atoms with Gasteiger partial charge in [0.2, 0.25) is 0 Å². The molecule has 0 bridgehead atoms. The van der Waals surface area contributed by atoms with E-state index in [0.717, 1.165) is 24.8 Å². The van der Waals surface area contributed by atoms with Crippen molar-refractivity contribution in [1.29, 1.82) is 0 Å². The average Bonchev–Trinajstić information content (AvgIpc) is 2.18. The van der Waals surface area contributed by atoms with E-state index in [1.807, 2.05) is 0 Å². The Morgan fingerprint density at radius 3 is 2.12 bits per heavy atom. The van der Waals surface area contributed by atoms with Crippen LogP contribution in [0.2, 0.25) is 0 Å². The summed E-state index contributed by atoms with van der Waals surface area (Å²) in [4.78, 5) is -0.151. The summed E-state index contributed by atoms with van der Waals surface area (Å²) in [7, 11) is -4.29. The summed E-state index contributed by atoms with van der Waals surface area (Å²) in [5.74, 6) is 0.